The van der Waals surface area contributed by atoms with E-state index < -0.39 is 17.8 Å². The van der Waals surface area contributed by atoms with E-state index in [-0.39, 0.29) is 24.0 Å². The van der Waals surface area contributed by atoms with Gasteiger partial charge in [0.2, 0.25) is 0 Å². The van der Waals surface area contributed by atoms with Crippen LogP contribution >= 0.6 is 15.9 Å². The second-order valence-corrected chi connectivity index (χ2v) is 8.72. The topological polar surface area (TPSA) is 84.9 Å². The molecule has 0 spiro atoms. The lowest BCUT2D eigenvalue weighted by Gasteiger charge is -2.31. The van der Waals surface area contributed by atoms with Crippen molar-refractivity contribution in [1.29, 1.82) is 0 Å². The van der Waals surface area contributed by atoms with Crippen LogP contribution in [0.3, 0.4) is 0 Å². The van der Waals surface area contributed by atoms with E-state index in [1.54, 1.807) is 24.3 Å². The molecule has 0 unspecified atom stereocenters. The third-order valence-electron chi connectivity index (χ3n) is 5.71. The van der Waals surface area contributed by atoms with E-state index in [1.807, 2.05) is 0 Å². The Morgan fingerprint density at radius 2 is 1.82 bits per heavy atom. The molecule has 0 aromatic heterocycles. The Bertz CT molecular complexity index is 1130. The quantitative estimate of drug-likeness (QED) is 0.448. The van der Waals surface area contributed by atoms with Crippen LogP contribution in [0.2, 0.25) is 0 Å². The van der Waals surface area contributed by atoms with Gasteiger partial charge in [0.1, 0.15) is 18.0 Å². The largest absolute Gasteiger partial charge is 0.493 e. The molecule has 1 saturated heterocycles. The molecule has 4 rings (SSSR count). The molecule has 33 heavy (non-hydrogen) atoms. The summed E-state index contributed by atoms with van der Waals surface area (Å²) in [6, 6.07) is 8.39. The number of halogens is 2. The molecule has 172 valence electrons. The van der Waals surface area contributed by atoms with Crippen molar-refractivity contribution in [3.05, 3.63) is 63.4 Å². The van der Waals surface area contributed by atoms with Gasteiger partial charge < -0.3 is 9.47 Å². The first-order valence-electron chi connectivity index (χ1n) is 10.5. The Balaban J connectivity index is 1.60. The van der Waals surface area contributed by atoms with Crippen molar-refractivity contribution in [3.63, 3.8) is 0 Å². The first-order chi connectivity index (χ1) is 15.9. The molecule has 0 bridgehead atoms. The standard InChI is InChI=1S/C24H22BrFN2O5/c1-32-20-11-15(19(25)12-21(20)33-13-14-6-8-16(26)9-7-14)10-18-22(29)27-24(31)28(23(18)30)17-4-2-3-5-17/h6-12,17H,2-5,13H2,1H3,(H,27,29,31)/b18-10+. The van der Waals surface area contributed by atoms with E-state index in [4.69, 9.17) is 9.47 Å². The average Bonchev–Trinajstić information content (AvgIpc) is 3.31. The maximum Gasteiger partial charge on any atom is 0.331 e. The first kappa shape index (κ1) is 23.0. The van der Waals surface area contributed by atoms with Crippen LogP contribution in [0.1, 0.15) is 36.8 Å². The molecule has 7 nitrogen and oxygen atoms in total. The number of nitrogens with one attached hydrogen (secondary N) is 1. The van der Waals surface area contributed by atoms with E-state index in [1.165, 1.54) is 25.3 Å². The molecule has 2 aromatic rings. The second-order valence-electron chi connectivity index (χ2n) is 7.87. The molecule has 1 aliphatic heterocycles. The van der Waals surface area contributed by atoms with Crippen LogP contribution in [0.25, 0.3) is 6.08 Å². The van der Waals surface area contributed by atoms with Crippen LogP contribution in [-0.4, -0.2) is 35.9 Å². The Hall–Kier alpha value is -3.20. The summed E-state index contributed by atoms with van der Waals surface area (Å²) in [6.07, 6.45) is 4.78. The normalized spacial score (nSPS) is 18.1. The van der Waals surface area contributed by atoms with Crippen LogP contribution < -0.4 is 14.8 Å². The number of nitrogens with zero attached hydrogens (tertiary/aromatic N) is 1. The van der Waals surface area contributed by atoms with Crippen molar-refractivity contribution >= 4 is 39.9 Å². The van der Waals surface area contributed by atoms with Crippen molar-refractivity contribution in [2.75, 3.05) is 7.11 Å². The van der Waals surface area contributed by atoms with Gasteiger partial charge in [-0.05, 0) is 54.3 Å². The molecule has 2 aromatic carbocycles. The van der Waals surface area contributed by atoms with Crippen LogP contribution in [0.5, 0.6) is 11.5 Å². The number of hydrogen-bond donors (Lipinski definition) is 1. The van der Waals surface area contributed by atoms with Gasteiger partial charge in [0, 0.05) is 10.5 Å². The fourth-order valence-electron chi connectivity index (χ4n) is 4.00. The number of hydrogen-bond acceptors (Lipinski definition) is 5. The Kier molecular flexibility index (Phi) is 6.78. The van der Waals surface area contributed by atoms with Crippen LogP contribution in [0, 0.1) is 5.82 Å². The summed E-state index contributed by atoms with van der Waals surface area (Å²) in [6.45, 7) is 0.197. The molecule has 2 aliphatic rings. The van der Waals surface area contributed by atoms with Gasteiger partial charge in [-0.3, -0.25) is 19.8 Å². The number of rotatable bonds is 6. The lowest BCUT2D eigenvalue weighted by atomic mass is 10.0. The Morgan fingerprint density at radius 3 is 2.48 bits per heavy atom. The summed E-state index contributed by atoms with van der Waals surface area (Å²) in [5, 5.41) is 2.27. The maximum atomic E-state index is 13.1. The average molecular weight is 517 g/mol. The smallest absolute Gasteiger partial charge is 0.331 e. The highest BCUT2D eigenvalue weighted by atomic mass is 79.9. The number of benzene rings is 2. The highest BCUT2D eigenvalue weighted by Crippen LogP contribution is 2.36. The summed E-state index contributed by atoms with van der Waals surface area (Å²) in [5.41, 5.74) is 1.17. The van der Waals surface area contributed by atoms with Gasteiger partial charge in [-0.15, -0.1) is 0 Å². The molecular weight excluding hydrogens is 495 g/mol. The van der Waals surface area contributed by atoms with Crippen LogP contribution in [0.15, 0.2) is 46.4 Å². The number of carbonyl (C=O) groups excluding carboxylic acids is 3. The zero-order chi connectivity index (χ0) is 23.5. The van der Waals surface area contributed by atoms with Gasteiger partial charge in [0.25, 0.3) is 11.8 Å². The predicted octanol–water partition coefficient (Wildman–Crippen LogP) is 4.58. The number of urea groups is 1. The lowest BCUT2D eigenvalue weighted by Crippen LogP contribution is -2.57. The zero-order valence-corrected chi connectivity index (χ0v) is 19.5. The Labute approximate surface area is 198 Å². The lowest BCUT2D eigenvalue weighted by molar-refractivity contribution is -0.131. The maximum absolute atomic E-state index is 13.1. The SMILES string of the molecule is COc1cc(/C=C2\C(=O)NC(=O)N(C3CCCC3)C2=O)c(Br)cc1OCc1ccc(F)cc1. The molecule has 1 saturated carbocycles. The highest BCUT2D eigenvalue weighted by Gasteiger charge is 2.40. The number of amides is 4. The van der Waals surface area contributed by atoms with Crippen LogP contribution in [0.4, 0.5) is 9.18 Å². The number of imide groups is 2. The van der Waals surface area contributed by atoms with E-state index >= 15 is 0 Å². The fraction of sp³-hybridized carbons (Fsp3) is 0.292. The number of methoxy groups -OCH3 is 1. The molecule has 1 heterocycles. The fourth-order valence-corrected chi connectivity index (χ4v) is 4.43. The molecule has 0 atom stereocenters. The first-order valence-corrected chi connectivity index (χ1v) is 11.3. The van der Waals surface area contributed by atoms with Crippen molar-refractivity contribution in [3.8, 4) is 11.5 Å². The molecule has 9 heteroatoms. The molecule has 2 fully saturated rings. The summed E-state index contributed by atoms with van der Waals surface area (Å²) >= 11 is 3.45. The van der Waals surface area contributed by atoms with Crippen molar-refractivity contribution in [2.45, 2.75) is 38.3 Å². The molecule has 1 N–H and O–H groups in total. The third-order valence-corrected chi connectivity index (χ3v) is 6.40. The van der Waals surface area contributed by atoms with E-state index in [0.29, 0.717) is 21.5 Å². The van der Waals surface area contributed by atoms with Gasteiger partial charge in [0.05, 0.1) is 7.11 Å². The summed E-state index contributed by atoms with van der Waals surface area (Å²) < 4.78 is 24.9. The van der Waals surface area contributed by atoms with Crippen molar-refractivity contribution in [1.82, 2.24) is 10.2 Å². The summed E-state index contributed by atoms with van der Waals surface area (Å²) in [7, 11) is 1.48. The molecule has 0 radical (unpaired) electrons. The number of barbiturate groups is 1. The highest BCUT2D eigenvalue weighted by molar-refractivity contribution is 9.10. The van der Waals surface area contributed by atoms with Crippen molar-refractivity contribution in [2.24, 2.45) is 0 Å². The second kappa shape index (κ2) is 9.74. The van der Waals surface area contributed by atoms with Gasteiger partial charge in [-0.25, -0.2) is 9.18 Å². The molecular formula is C24H22BrFN2O5. The van der Waals surface area contributed by atoms with Crippen molar-refractivity contribution < 1.29 is 28.2 Å². The molecule has 1 aliphatic carbocycles. The predicted molar refractivity (Wildman–Crippen MR) is 122 cm³/mol. The summed E-state index contributed by atoms with van der Waals surface area (Å²) in [5.74, 6) is -0.844. The Morgan fingerprint density at radius 1 is 1.12 bits per heavy atom. The molecule has 4 amide bonds. The van der Waals surface area contributed by atoms with Gasteiger partial charge in [-0.1, -0.05) is 40.9 Å². The minimum atomic E-state index is -0.734. The van der Waals surface area contributed by atoms with Gasteiger partial charge in [0.15, 0.2) is 11.5 Å². The van der Waals surface area contributed by atoms with E-state index in [9.17, 15) is 18.8 Å². The number of ether oxygens (including phenoxy) is 2. The van der Waals surface area contributed by atoms with Crippen LogP contribution in [-0.2, 0) is 16.2 Å². The van der Waals surface area contributed by atoms with Gasteiger partial charge in [-0.2, -0.15) is 0 Å². The minimum absolute atomic E-state index is 0.121. The monoisotopic (exact) mass is 516 g/mol. The van der Waals surface area contributed by atoms with E-state index in [2.05, 4.69) is 21.2 Å². The van der Waals surface area contributed by atoms with Gasteiger partial charge >= 0.3 is 6.03 Å². The summed E-state index contributed by atoms with van der Waals surface area (Å²) in [4.78, 5) is 38.9. The van der Waals surface area contributed by atoms with E-state index in [0.717, 1.165) is 36.1 Å². The minimum Gasteiger partial charge on any atom is -0.493 e. The third kappa shape index (κ3) is 4.93. The number of carbonyl (C=O) groups is 3. The zero-order valence-electron chi connectivity index (χ0n) is 17.9.